The van der Waals surface area contributed by atoms with Crippen molar-refractivity contribution >= 4 is 132 Å². The van der Waals surface area contributed by atoms with Crippen LogP contribution in [0, 0.1) is 0 Å². The van der Waals surface area contributed by atoms with E-state index in [1.165, 1.54) is 97.7 Å². The van der Waals surface area contributed by atoms with E-state index in [9.17, 15) is 0 Å². The predicted molar refractivity (Wildman–Crippen MR) is 280 cm³/mol. The van der Waals surface area contributed by atoms with Gasteiger partial charge in [0, 0.05) is 65.8 Å². The summed E-state index contributed by atoms with van der Waals surface area (Å²) in [7, 11) is 0. The van der Waals surface area contributed by atoms with Gasteiger partial charge in [-0.05, 0) is 106 Å². The van der Waals surface area contributed by atoms with E-state index in [2.05, 4.69) is 249 Å². The largest absolute Gasteiger partial charge is 0.308 e. The number of hydrogen-bond donors (Lipinski definition) is 0. The molecule has 4 nitrogen and oxygen atoms in total. The Hall–Kier alpha value is -8.86. The molecule has 0 atom stereocenters. The summed E-state index contributed by atoms with van der Waals surface area (Å²) >= 11 is 0. The van der Waals surface area contributed by atoms with Crippen LogP contribution < -0.4 is 9.80 Å². The van der Waals surface area contributed by atoms with Crippen molar-refractivity contribution in [3.05, 3.63) is 231 Å². The van der Waals surface area contributed by atoms with Gasteiger partial charge < -0.3 is 18.6 Å². The summed E-state index contributed by atoms with van der Waals surface area (Å²) in [5.74, 6) is 0. The van der Waals surface area contributed by atoms with Gasteiger partial charge in [0.25, 0.3) is 0 Å². The molecule has 15 aromatic rings. The van der Waals surface area contributed by atoms with Crippen molar-refractivity contribution < 1.29 is 0 Å². The van der Waals surface area contributed by atoms with Gasteiger partial charge in [0.1, 0.15) is 0 Å². The van der Waals surface area contributed by atoms with Gasteiger partial charge in [-0.15, -0.1) is 0 Å². The number of rotatable bonds is 6. The highest BCUT2D eigenvalue weighted by Gasteiger charge is 2.28. The van der Waals surface area contributed by atoms with Crippen molar-refractivity contribution in [2.45, 2.75) is 0 Å². The van der Waals surface area contributed by atoms with E-state index in [0.29, 0.717) is 0 Å². The Morgan fingerprint density at radius 3 is 1.11 bits per heavy atom. The van der Waals surface area contributed by atoms with Gasteiger partial charge in [-0.1, -0.05) is 146 Å². The number of aromatic nitrogens is 2. The first-order valence-corrected chi connectivity index (χ1v) is 22.8. The number of nitrogens with zero attached hydrogens (tertiary/aromatic N) is 4. The van der Waals surface area contributed by atoms with Crippen LogP contribution in [-0.2, 0) is 0 Å². The summed E-state index contributed by atoms with van der Waals surface area (Å²) in [4.78, 5) is 4.85. The van der Waals surface area contributed by atoms with Gasteiger partial charge in [0.2, 0.25) is 0 Å². The third kappa shape index (κ3) is 4.72. The summed E-state index contributed by atoms with van der Waals surface area (Å²) in [5.41, 5.74) is 14.1. The fraction of sp³-hybridized carbons (Fsp3) is 0. The lowest BCUT2D eigenvalue weighted by Crippen LogP contribution is -2.10. The smallest absolute Gasteiger partial charge is 0.0783 e. The van der Waals surface area contributed by atoms with Crippen molar-refractivity contribution in [2.24, 2.45) is 0 Å². The molecule has 0 fully saturated rings. The Morgan fingerprint density at radius 1 is 0.242 bits per heavy atom. The number of hydrogen-bond acceptors (Lipinski definition) is 2. The predicted octanol–water partition coefficient (Wildman–Crippen LogP) is 17.2. The molecular weight excluding hydrogens is 801 g/mol. The van der Waals surface area contributed by atoms with Gasteiger partial charge in [0.15, 0.2) is 0 Å². The standard InChI is InChI=1S/C62H38N4/c1-5-21-41(22-6-1)63(42-23-7-2-8-24-42)53-33-17-31-47-50-35-39-19-14-16-30-46(39)58-52-38-55-49(37-56(52)66(59(47)53)61(50)58)51-36-40-20-13-15-29-45(40)57-48-32-18-34-54(60(48)65(55)62(51)57)64(43-25-9-3-10-26-43)44-27-11-4-12-28-44/h1-38H. The summed E-state index contributed by atoms with van der Waals surface area (Å²) in [6, 6.07) is 84.7. The second-order valence-corrected chi connectivity index (χ2v) is 17.7. The first kappa shape index (κ1) is 35.6. The zero-order chi connectivity index (χ0) is 43.0. The Balaban J connectivity index is 1.15. The van der Waals surface area contributed by atoms with E-state index in [1.54, 1.807) is 0 Å². The molecule has 0 amide bonds. The van der Waals surface area contributed by atoms with Crippen LogP contribution in [0.15, 0.2) is 231 Å². The molecule has 15 rings (SSSR count). The number of fused-ring (bicyclic) bond motifs is 16. The third-order valence-electron chi connectivity index (χ3n) is 14.2. The molecule has 0 aliphatic rings. The molecule has 0 aliphatic heterocycles. The van der Waals surface area contributed by atoms with Crippen molar-refractivity contribution in [1.82, 2.24) is 8.80 Å². The molecule has 0 spiro atoms. The van der Waals surface area contributed by atoms with Gasteiger partial charge in [-0.25, -0.2) is 0 Å². The monoisotopic (exact) mass is 838 g/mol. The van der Waals surface area contributed by atoms with Crippen LogP contribution in [0.25, 0.3) is 97.7 Å². The molecular formula is C62H38N4. The molecule has 0 aliphatic carbocycles. The van der Waals surface area contributed by atoms with Crippen LogP contribution in [0.3, 0.4) is 0 Å². The lowest BCUT2D eigenvalue weighted by atomic mass is 9.98. The van der Waals surface area contributed by atoms with Gasteiger partial charge in [-0.3, -0.25) is 0 Å². The highest BCUT2D eigenvalue weighted by molar-refractivity contribution is 6.37. The molecule has 4 aromatic heterocycles. The number of para-hydroxylation sites is 6. The van der Waals surface area contributed by atoms with Gasteiger partial charge >= 0.3 is 0 Å². The number of benzene rings is 11. The lowest BCUT2D eigenvalue weighted by molar-refractivity contribution is 1.27. The normalized spacial score (nSPS) is 12.2. The molecule has 4 heteroatoms. The van der Waals surface area contributed by atoms with E-state index in [4.69, 9.17) is 0 Å². The molecule has 11 aromatic carbocycles. The summed E-state index contributed by atoms with van der Waals surface area (Å²) in [5, 5.41) is 15.1. The Morgan fingerprint density at radius 2 is 0.606 bits per heavy atom. The molecule has 0 saturated carbocycles. The maximum Gasteiger partial charge on any atom is 0.0783 e. The van der Waals surface area contributed by atoms with Crippen LogP contribution in [0.5, 0.6) is 0 Å². The van der Waals surface area contributed by atoms with Crippen LogP contribution >= 0.6 is 0 Å². The number of anilines is 6. The molecule has 0 N–H and O–H groups in total. The Bertz CT molecular complexity index is 4300. The average molecular weight is 839 g/mol. The maximum atomic E-state index is 2.60. The van der Waals surface area contributed by atoms with E-state index < -0.39 is 0 Å². The van der Waals surface area contributed by atoms with E-state index in [0.717, 1.165) is 34.1 Å². The minimum absolute atomic E-state index is 1.12. The summed E-state index contributed by atoms with van der Waals surface area (Å²) in [6.07, 6.45) is 0. The first-order valence-electron chi connectivity index (χ1n) is 22.8. The fourth-order valence-electron chi connectivity index (χ4n) is 11.6. The minimum atomic E-state index is 1.12. The second-order valence-electron chi connectivity index (χ2n) is 17.7. The van der Waals surface area contributed by atoms with Crippen molar-refractivity contribution in [2.75, 3.05) is 9.80 Å². The lowest BCUT2D eigenvalue weighted by Gasteiger charge is -2.26. The summed E-state index contributed by atoms with van der Waals surface area (Å²) < 4.78 is 5.20. The van der Waals surface area contributed by atoms with E-state index in [-0.39, 0.29) is 0 Å². The van der Waals surface area contributed by atoms with Crippen LogP contribution in [0.1, 0.15) is 0 Å². The minimum Gasteiger partial charge on any atom is -0.308 e. The van der Waals surface area contributed by atoms with Crippen molar-refractivity contribution in [3.63, 3.8) is 0 Å². The topological polar surface area (TPSA) is 15.3 Å². The summed E-state index contributed by atoms with van der Waals surface area (Å²) in [6.45, 7) is 0. The average Bonchev–Trinajstić information content (AvgIpc) is 4.10. The van der Waals surface area contributed by atoms with Gasteiger partial charge in [0.05, 0.1) is 44.5 Å². The molecule has 0 unspecified atom stereocenters. The maximum absolute atomic E-state index is 2.60. The van der Waals surface area contributed by atoms with Crippen molar-refractivity contribution in [1.29, 1.82) is 0 Å². The molecule has 4 heterocycles. The van der Waals surface area contributed by atoms with Crippen molar-refractivity contribution in [3.8, 4) is 0 Å². The van der Waals surface area contributed by atoms with E-state index >= 15 is 0 Å². The first-order chi connectivity index (χ1) is 32.8. The second kappa shape index (κ2) is 13.3. The van der Waals surface area contributed by atoms with Crippen LogP contribution in [0.2, 0.25) is 0 Å². The fourth-order valence-corrected chi connectivity index (χ4v) is 11.6. The highest BCUT2D eigenvalue weighted by atomic mass is 15.2. The molecule has 0 saturated heterocycles. The molecule has 66 heavy (non-hydrogen) atoms. The zero-order valence-corrected chi connectivity index (χ0v) is 35.7. The van der Waals surface area contributed by atoms with Gasteiger partial charge in [-0.2, -0.15) is 0 Å². The molecule has 0 radical (unpaired) electrons. The molecule has 0 bridgehead atoms. The Kier molecular flexibility index (Phi) is 7.19. The molecule has 306 valence electrons. The highest BCUT2D eigenvalue weighted by Crippen LogP contribution is 2.52. The van der Waals surface area contributed by atoms with Crippen LogP contribution in [-0.4, -0.2) is 8.80 Å². The quantitative estimate of drug-likeness (QED) is 0.166. The Labute approximate surface area is 379 Å². The third-order valence-corrected chi connectivity index (χ3v) is 14.2. The zero-order valence-electron chi connectivity index (χ0n) is 35.7. The van der Waals surface area contributed by atoms with E-state index in [1.807, 2.05) is 0 Å². The van der Waals surface area contributed by atoms with Crippen LogP contribution in [0.4, 0.5) is 34.1 Å². The SMILES string of the molecule is c1ccc(N(c2ccccc2)c2cccc3c4cc5ccccc5c5c6cc7c(cc6n(c23)c45)c2cc3ccccc3c3c4cccc(N(c5ccccc5)c5ccccc5)c4n7c23)cc1.